The fourth-order valence-electron chi connectivity index (χ4n) is 1.58. The van der Waals surface area contributed by atoms with Crippen LogP contribution in [-0.4, -0.2) is 16.6 Å². The van der Waals surface area contributed by atoms with Crippen LogP contribution in [0.3, 0.4) is 0 Å². The first-order chi connectivity index (χ1) is 11.2. The molecular formula is C14H8Cl2F3N3O2. The van der Waals surface area contributed by atoms with Gasteiger partial charge in [0.2, 0.25) is 0 Å². The summed E-state index contributed by atoms with van der Waals surface area (Å²) >= 11 is 11.4. The molecule has 0 spiro atoms. The lowest BCUT2D eigenvalue weighted by atomic mass is 10.1. The highest BCUT2D eigenvalue weighted by Gasteiger charge is 2.31. The van der Waals surface area contributed by atoms with Gasteiger partial charge >= 0.3 is 6.18 Å². The molecule has 5 nitrogen and oxygen atoms in total. The van der Waals surface area contributed by atoms with Gasteiger partial charge in [0, 0.05) is 16.8 Å². The van der Waals surface area contributed by atoms with E-state index in [4.69, 9.17) is 33.8 Å². The molecule has 0 bridgehead atoms. The molecule has 1 heterocycles. The number of hydrogen-bond acceptors (Lipinski definition) is 4. The molecule has 0 saturated carbocycles. The number of halogens is 5. The predicted octanol–water partition coefficient (Wildman–Crippen LogP) is 3.68. The molecule has 0 unspecified atom stereocenters. The highest BCUT2D eigenvalue weighted by molar-refractivity contribution is 6.44. The number of primary amides is 1. The van der Waals surface area contributed by atoms with Crippen molar-refractivity contribution in [1.82, 2.24) is 4.98 Å². The van der Waals surface area contributed by atoms with Crippen LogP contribution in [-0.2, 0) is 11.0 Å². The Morgan fingerprint density at radius 3 is 2.33 bits per heavy atom. The number of carbonyl (C=O) groups is 1. The molecule has 0 aliphatic heterocycles. The van der Waals surface area contributed by atoms with E-state index in [0.29, 0.717) is 22.8 Å². The Labute approximate surface area is 143 Å². The zero-order chi connectivity index (χ0) is 17.9. The van der Waals surface area contributed by atoms with Gasteiger partial charge in [0.15, 0.2) is 5.71 Å². The SMILES string of the molecule is NC(=O)C(=NOc1ncc(C(F)(F)F)cc1Cl)c1ccc(Cl)cc1. The fraction of sp³-hybridized carbons (Fsp3) is 0.0714. The van der Waals surface area contributed by atoms with E-state index in [2.05, 4.69) is 10.1 Å². The van der Waals surface area contributed by atoms with E-state index in [1.54, 1.807) is 0 Å². The maximum atomic E-state index is 12.5. The summed E-state index contributed by atoms with van der Waals surface area (Å²) in [5, 5.41) is 3.52. The second kappa shape index (κ2) is 7.06. The Bertz CT molecular complexity index is 793. The van der Waals surface area contributed by atoms with Crippen molar-refractivity contribution in [2.45, 2.75) is 6.18 Å². The van der Waals surface area contributed by atoms with Crippen molar-refractivity contribution in [2.75, 3.05) is 0 Å². The number of amides is 1. The topological polar surface area (TPSA) is 77.6 Å². The third-order valence-electron chi connectivity index (χ3n) is 2.71. The summed E-state index contributed by atoms with van der Waals surface area (Å²) in [7, 11) is 0. The third kappa shape index (κ3) is 4.36. The average molecular weight is 378 g/mol. The van der Waals surface area contributed by atoms with Crippen LogP contribution in [0, 0.1) is 0 Å². The molecule has 2 N–H and O–H groups in total. The molecule has 1 amide bonds. The smallest absolute Gasteiger partial charge is 0.364 e. The summed E-state index contributed by atoms with van der Waals surface area (Å²) in [5.41, 5.74) is 4.19. The van der Waals surface area contributed by atoms with E-state index in [1.807, 2.05) is 0 Å². The van der Waals surface area contributed by atoms with Gasteiger partial charge in [-0.2, -0.15) is 13.2 Å². The standard InChI is InChI=1S/C14H8Cl2F3N3O2/c15-9-3-1-7(2-4-9)11(12(20)23)22-24-13-10(16)5-8(6-21-13)14(17,18)19/h1-6H,(H2,20,23). The summed E-state index contributed by atoms with van der Waals surface area (Å²) in [6.45, 7) is 0. The largest absolute Gasteiger partial charge is 0.417 e. The van der Waals surface area contributed by atoms with E-state index >= 15 is 0 Å². The lowest BCUT2D eigenvalue weighted by Gasteiger charge is -2.08. The maximum Gasteiger partial charge on any atom is 0.417 e. The number of nitrogens with two attached hydrogens (primary N) is 1. The Morgan fingerprint density at radius 1 is 1.21 bits per heavy atom. The van der Waals surface area contributed by atoms with Crippen molar-refractivity contribution in [1.29, 1.82) is 0 Å². The number of hydrogen-bond donors (Lipinski definition) is 1. The Balaban J connectivity index is 2.30. The number of oxime groups is 1. The number of benzene rings is 1. The number of pyridine rings is 1. The van der Waals surface area contributed by atoms with Gasteiger partial charge in [-0.15, -0.1) is 0 Å². The van der Waals surface area contributed by atoms with Crippen molar-refractivity contribution in [3.05, 3.63) is 57.7 Å². The van der Waals surface area contributed by atoms with Gasteiger partial charge in [0.05, 0.1) is 5.56 Å². The summed E-state index contributed by atoms with van der Waals surface area (Å²) in [5.74, 6) is -1.32. The number of alkyl halides is 3. The molecule has 2 rings (SSSR count). The van der Waals surface area contributed by atoms with Gasteiger partial charge < -0.3 is 10.6 Å². The van der Waals surface area contributed by atoms with Crippen molar-refractivity contribution < 1.29 is 22.8 Å². The van der Waals surface area contributed by atoms with Crippen LogP contribution in [0.25, 0.3) is 0 Å². The van der Waals surface area contributed by atoms with E-state index in [-0.39, 0.29) is 5.71 Å². The summed E-state index contributed by atoms with van der Waals surface area (Å²) in [4.78, 5) is 19.7. The van der Waals surface area contributed by atoms with Crippen molar-refractivity contribution in [3.8, 4) is 5.88 Å². The maximum absolute atomic E-state index is 12.5. The molecule has 1 aromatic carbocycles. The number of carbonyl (C=O) groups excluding carboxylic acids is 1. The Hall–Kier alpha value is -2.32. The van der Waals surface area contributed by atoms with Crippen molar-refractivity contribution >= 4 is 34.8 Å². The first-order valence-electron chi connectivity index (χ1n) is 6.22. The van der Waals surface area contributed by atoms with E-state index in [1.165, 1.54) is 24.3 Å². The molecule has 0 aliphatic rings. The first kappa shape index (κ1) is 18.0. The number of aromatic nitrogens is 1. The monoisotopic (exact) mass is 377 g/mol. The zero-order valence-electron chi connectivity index (χ0n) is 11.6. The molecule has 1 aromatic heterocycles. The Morgan fingerprint density at radius 2 is 1.83 bits per heavy atom. The molecule has 24 heavy (non-hydrogen) atoms. The molecule has 0 atom stereocenters. The summed E-state index contributed by atoms with van der Waals surface area (Å²) in [6, 6.07) is 6.57. The minimum atomic E-state index is -4.60. The van der Waals surface area contributed by atoms with Crippen LogP contribution in [0.2, 0.25) is 10.0 Å². The second-order valence-electron chi connectivity index (χ2n) is 4.41. The van der Waals surface area contributed by atoms with Crippen LogP contribution in [0.15, 0.2) is 41.7 Å². The van der Waals surface area contributed by atoms with Crippen LogP contribution >= 0.6 is 23.2 Å². The zero-order valence-corrected chi connectivity index (χ0v) is 13.2. The summed E-state index contributed by atoms with van der Waals surface area (Å²) in [6.07, 6.45) is -4.07. The van der Waals surface area contributed by atoms with Crippen LogP contribution in [0.1, 0.15) is 11.1 Å². The van der Waals surface area contributed by atoms with E-state index in [9.17, 15) is 18.0 Å². The molecule has 0 aliphatic carbocycles. The van der Waals surface area contributed by atoms with Crippen LogP contribution in [0.5, 0.6) is 5.88 Å². The molecule has 0 fully saturated rings. The molecule has 2 aromatic rings. The highest BCUT2D eigenvalue weighted by Crippen LogP contribution is 2.33. The quantitative estimate of drug-likeness (QED) is 0.652. The third-order valence-corrected chi connectivity index (χ3v) is 3.23. The van der Waals surface area contributed by atoms with Gasteiger partial charge in [0.1, 0.15) is 5.02 Å². The molecule has 126 valence electrons. The van der Waals surface area contributed by atoms with Crippen LogP contribution in [0.4, 0.5) is 13.2 Å². The average Bonchev–Trinajstić information content (AvgIpc) is 2.49. The van der Waals surface area contributed by atoms with Gasteiger partial charge in [-0.3, -0.25) is 4.79 Å². The summed E-state index contributed by atoms with van der Waals surface area (Å²) < 4.78 is 37.6. The lowest BCUT2D eigenvalue weighted by molar-refractivity contribution is -0.137. The number of rotatable bonds is 4. The normalized spacial score (nSPS) is 12.1. The van der Waals surface area contributed by atoms with Crippen molar-refractivity contribution in [3.63, 3.8) is 0 Å². The predicted molar refractivity (Wildman–Crippen MR) is 82.1 cm³/mol. The van der Waals surface area contributed by atoms with E-state index in [0.717, 1.165) is 0 Å². The van der Waals surface area contributed by atoms with Gasteiger partial charge in [0.25, 0.3) is 11.8 Å². The van der Waals surface area contributed by atoms with Gasteiger partial charge in [-0.25, -0.2) is 4.98 Å². The van der Waals surface area contributed by atoms with E-state index < -0.39 is 28.5 Å². The van der Waals surface area contributed by atoms with Gasteiger partial charge in [-0.05, 0) is 18.2 Å². The second-order valence-corrected chi connectivity index (χ2v) is 5.25. The molecular weight excluding hydrogens is 370 g/mol. The molecule has 0 saturated heterocycles. The fourth-order valence-corrected chi connectivity index (χ4v) is 1.91. The first-order valence-corrected chi connectivity index (χ1v) is 6.97. The number of nitrogens with zero attached hydrogens (tertiary/aromatic N) is 2. The van der Waals surface area contributed by atoms with Crippen LogP contribution < -0.4 is 10.6 Å². The minimum absolute atomic E-state index is 0.274. The lowest BCUT2D eigenvalue weighted by Crippen LogP contribution is -2.25. The Kier molecular flexibility index (Phi) is 5.30. The van der Waals surface area contributed by atoms with Gasteiger partial charge in [-0.1, -0.05) is 40.5 Å². The molecule has 10 heteroatoms. The van der Waals surface area contributed by atoms with Crippen molar-refractivity contribution in [2.24, 2.45) is 10.9 Å². The molecule has 0 radical (unpaired) electrons. The minimum Gasteiger partial charge on any atom is -0.364 e. The highest BCUT2D eigenvalue weighted by atomic mass is 35.5.